The SMILES string of the molecule is CN(C1CCCNC1)S(=O)(=O)CCc1ccccc1. The first-order valence-electron chi connectivity index (χ1n) is 6.80. The molecule has 1 aliphatic heterocycles. The van der Waals surface area contributed by atoms with Crippen molar-refractivity contribution in [2.75, 3.05) is 25.9 Å². The van der Waals surface area contributed by atoms with Crippen LogP contribution in [0.4, 0.5) is 0 Å². The second-order valence-corrected chi connectivity index (χ2v) is 7.22. The number of nitrogens with zero attached hydrogens (tertiary/aromatic N) is 1. The van der Waals surface area contributed by atoms with Crippen molar-refractivity contribution in [3.05, 3.63) is 35.9 Å². The summed E-state index contributed by atoms with van der Waals surface area (Å²) in [6.07, 6.45) is 2.57. The highest BCUT2D eigenvalue weighted by Gasteiger charge is 2.27. The number of benzene rings is 1. The highest BCUT2D eigenvalue weighted by Crippen LogP contribution is 2.14. The lowest BCUT2D eigenvalue weighted by Crippen LogP contribution is -2.47. The van der Waals surface area contributed by atoms with E-state index in [1.807, 2.05) is 30.3 Å². The lowest BCUT2D eigenvalue weighted by Gasteiger charge is -2.30. The highest BCUT2D eigenvalue weighted by atomic mass is 32.2. The van der Waals surface area contributed by atoms with Crippen LogP contribution >= 0.6 is 0 Å². The Hall–Kier alpha value is -0.910. The van der Waals surface area contributed by atoms with Gasteiger partial charge in [0.15, 0.2) is 0 Å². The van der Waals surface area contributed by atoms with Crippen LogP contribution in [0.3, 0.4) is 0 Å². The Morgan fingerprint density at radius 3 is 2.68 bits per heavy atom. The number of piperidine rings is 1. The lowest BCUT2D eigenvalue weighted by molar-refractivity contribution is 0.300. The summed E-state index contributed by atoms with van der Waals surface area (Å²) in [5, 5.41) is 3.26. The molecule has 1 atom stereocenters. The Bertz CT molecular complexity index is 481. The van der Waals surface area contributed by atoms with Gasteiger partial charge in [0.05, 0.1) is 5.75 Å². The van der Waals surface area contributed by atoms with Crippen LogP contribution in [-0.2, 0) is 16.4 Å². The summed E-state index contributed by atoms with van der Waals surface area (Å²) < 4.78 is 26.2. The molecule has 1 N–H and O–H groups in total. The van der Waals surface area contributed by atoms with Crippen molar-refractivity contribution in [3.8, 4) is 0 Å². The molecule has 0 saturated carbocycles. The summed E-state index contributed by atoms with van der Waals surface area (Å²) >= 11 is 0. The van der Waals surface area contributed by atoms with E-state index in [1.165, 1.54) is 0 Å². The summed E-state index contributed by atoms with van der Waals surface area (Å²) in [7, 11) is -1.46. The summed E-state index contributed by atoms with van der Waals surface area (Å²) in [5.41, 5.74) is 1.07. The van der Waals surface area contributed by atoms with Crippen LogP contribution < -0.4 is 5.32 Å². The molecule has 106 valence electrons. The number of rotatable bonds is 5. The van der Waals surface area contributed by atoms with Crippen LogP contribution in [0.5, 0.6) is 0 Å². The summed E-state index contributed by atoms with van der Waals surface area (Å²) in [6.45, 7) is 1.76. The van der Waals surface area contributed by atoms with Crippen LogP contribution in [0, 0.1) is 0 Å². The van der Waals surface area contributed by atoms with Gasteiger partial charge in [-0.1, -0.05) is 30.3 Å². The predicted octanol–water partition coefficient (Wildman–Crippen LogP) is 1.24. The first kappa shape index (κ1) is 14.5. The molecule has 0 spiro atoms. The third-order valence-corrected chi connectivity index (χ3v) is 5.61. The van der Waals surface area contributed by atoms with Gasteiger partial charge in [0.2, 0.25) is 10.0 Å². The lowest BCUT2D eigenvalue weighted by atomic mass is 10.1. The minimum absolute atomic E-state index is 0.106. The molecule has 1 aliphatic rings. The molecule has 5 heteroatoms. The Labute approximate surface area is 115 Å². The van der Waals surface area contributed by atoms with Gasteiger partial charge in [0, 0.05) is 19.6 Å². The van der Waals surface area contributed by atoms with Crippen LogP contribution in [-0.4, -0.2) is 44.7 Å². The fourth-order valence-corrected chi connectivity index (χ4v) is 3.82. The maximum absolute atomic E-state index is 12.3. The molecule has 0 aliphatic carbocycles. The summed E-state index contributed by atoms with van der Waals surface area (Å²) in [4.78, 5) is 0. The molecule has 1 aromatic carbocycles. The minimum Gasteiger partial charge on any atom is -0.315 e. The van der Waals surface area contributed by atoms with Gasteiger partial charge < -0.3 is 5.32 Å². The van der Waals surface area contributed by atoms with Crippen molar-refractivity contribution in [2.45, 2.75) is 25.3 Å². The Kier molecular flexibility index (Phi) is 4.96. The monoisotopic (exact) mass is 282 g/mol. The normalized spacial score (nSPS) is 20.6. The van der Waals surface area contributed by atoms with Crippen molar-refractivity contribution in [3.63, 3.8) is 0 Å². The Balaban J connectivity index is 1.93. The minimum atomic E-state index is -3.16. The van der Waals surface area contributed by atoms with E-state index in [-0.39, 0.29) is 11.8 Å². The van der Waals surface area contributed by atoms with E-state index in [1.54, 1.807) is 11.4 Å². The fourth-order valence-electron chi connectivity index (χ4n) is 2.41. The molecule has 1 heterocycles. The maximum Gasteiger partial charge on any atom is 0.214 e. The standard InChI is InChI=1S/C14H22N2O2S/c1-16(14-8-5-10-15-12-14)19(17,18)11-9-13-6-3-2-4-7-13/h2-4,6-7,14-15H,5,8-12H2,1H3. The molecule has 19 heavy (non-hydrogen) atoms. The van der Waals surface area contributed by atoms with Crippen molar-refractivity contribution >= 4 is 10.0 Å². The second kappa shape index (κ2) is 6.50. The first-order chi connectivity index (χ1) is 9.09. The van der Waals surface area contributed by atoms with Crippen molar-refractivity contribution in [2.24, 2.45) is 0 Å². The number of nitrogens with one attached hydrogen (secondary N) is 1. The molecule has 1 unspecified atom stereocenters. The van der Waals surface area contributed by atoms with E-state index < -0.39 is 10.0 Å². The molecule has 1 fully saturated rings. The van der Waals surface area contributed by atoms with Crippen molar-refractivity contribution < 1.29 is 8.42 Å². The van der Waals surface area contributed by atoms with E-state index in [2.05, 4.69) is 5.32 Å². The van der Waals surface area contributed by atoms with Gasteiger partial charge in [-0.3, -0.25) is 0 Å². The number of sulfonamides is 1. The molecular weight excluding hydrogens is 260 g/mol. The second-order valence-electron chi connectivity index (χ2n) is 5.07. The maximum atomic E-state index is 12.3. The fraction of sp³-hybridized carbons (Fsp3) is 0.571. The van der Waals surface area contributed by atoms with Crippen molar-refractivity contribution in [1.29, 1.82) is 0 Å². The van der Waals surface area contributed by atoms with E-state index in [4.69, 9.17) is 0 Å². The van der Waals surface area contributed by atoms with Crippen LogP contribution in [0.1, 0.15) is 18.4 Å². The molecule has 2 rings (SSSR count). The Morgan fingerprint density at radius 1 is 1.32 bits per heavy atom. The molecule has 4 nitrogen and oxygen atoms in total. The predicted molar refractivity (Wildman–Crippen MR) is 77.6 cm³/mol. The van der Waals surface area contributed by atoms with Gasteiger partial charge in [-0.2, -0.15) is 0 Å². The van der Waals surface area contributed by atoms with E-state index in [0.717, 1.165) is 31.5 Å². The topological polar surface area (TPSA) is 49.4 Å². The van der Waals surface area contributed by atoms with E-state index >= 15 is 0 Å². The summed E-state index contributed by atoms with van der Waals surface area (Å²) in [6, 6.07) is 9.87. The smallest absolute Gasteiger partial charge is 0.214 e. The van der Waals surface area contributed by atoms with Crippen LogP contribution in [0.25, 0.3) is 0 Å². The molecule has 0 amide bonds. The quantitative estimate of drug-likeness (QED) is 0.884. The largest absolute Gasteiger partial charge is 0.315 e. The molecule has 0 bridgehead atoms. The van der Waals surface area contributed by atoms with Crippen LogP contribution in [0.15, 0.2) is 30.3 Å². The number of likely N-dealkylation sites (N-methyl/N-ethyl adjacent to an activating group) is 1. The van der Waals surface area contributed by atoms with Crippen molar-refractivity contribution in [1.82, 2.24) is 9.62 Å². The zero-order valence-electron chi connectivity index (χ0n) is 11.4. The van der Waals surface area contributed by atoms with Gasteiger partial charge in [-0.05, 0) is 31.4 Å². The van der Waals surface area contributed by atoms with Gasteiger partial charge in [0.25, 0.3) is 0 Å². The van der Waals surface area contributed by atoms with Crippen LogP contribution in [0.2, 0.25) is 0 Å². The third-order valence-electron chi connectivity index (χ3n) is 3.72. The number of hydrogen-bond acceptors (Lipinski definition) is 3. The molecule has 0 radical (unpaired) electrons. The van der Waals surface area contributed by atoms with E-state index in [0.29, 0.717) is 6.42 Å². The molecule has 1 saturated heterocycles. The third kappa shape index (κ3) is 4.03. The average Bonchev–Trinajstić information content (AvgIpc) is 2.46. The van der Waals surface area contributed by atoms with Gasteiger partial charge in [-0.25, -0.2) is 12.7 Å². The van der Waals surface area contributed by atoms with Gasteiger partial charge in [0.1, 0.15) is 0 Å². The van der Waals surface area contributed by atoms with Gasteiger partial charge in [-0.15, -0.1) is 0 Å². The molecular formula is C14H22N2O2S. The molecule has 0 aromatic heterocycles. The van der Waals surface area contributed by atoms with Gasteiger partial charge >= 0.3 is 0 Å². The highest BCUT2D eigenvalue weighted by molar-refractivity contribution is 7.89. The zero-order valence-corrected chi connectivity index (χ0v) is 12.2. The molecule has 1 aromatic rings. The first-order valence-corrected chi connectivity index (χ1v) is 8.41. The van der Waals surface area contributed by atoms with E-state index in [9.17, 15) is 8.42 Å². The Morgan fingerprint density at radius 2 is 2.05 bits per heavy atom. The summed E-state index contributed by atoms with van der Waals surface area (Å²) in [5.74, 6) is 0.185. The average molecular weight is 282 g/mol. The zero-order chi connectivity index (χ0) is 13.7. The number of hydrogen-bond donors (Lipinski definition) is 1. The number of aryl methyl sites for hydroxylation is 1.